The van der Waals surface area contributed by atoms with Gasteiger partial charge in [0.1, 0.15) is 11.6 Å². The van der Waals surface area contributed by atoms with Crippen molar-refractivity contribution in [1.82, 2.24) is 10.3 Å². The summed E-state index contributed by atoms with van der Waals surface area (Å²) in [4.78, 5) is 28.3. The van der Waals surface area contributed by atoms with Gasteiger partial charge >= 0.3 is 12.1 Å². The number of amides is 1. The maximum absolute atomic E-state index is 12.1. The van der Waals surface area contributed by atoms with Crippen LogP contribution in [0.15, 0.2) is 24.4 Å². The fourth-order valence-electron chi connectivity index (χ4n) is 1.80. The van der Waals surface area contributed by atoms with Crippen molar-refractivity contribution >= 4 is 23.8 Å². The van der Waals surface area contributed by atoms with Crippen molar-refractivity contribution in [2.24, 2.45) is 0 Å². The van der Waals surface area contributed by atoms with Crippen LogP contribution >= 0.6 is 11.8 Å². The first-order chi connectivity index (χ1) is 11.2. The Morgan fingerprint density at radius 1 is 1.33 bits per heavy atom. The molecule has 134 valence electrons. The van der Waals surface area contributed by atoms with Crippen LogP contribution in [-0.4, -0.2) is 41.0 Å². The highest BCUT2D eigenvalue weighted by Gasteiger charge is 2.26. The van der Waals surface area contributed by atoms with Crippen molar-refractivity contribution in [2.45, 2.75) is 51.5 Å². The lowest BCUT2D eigenvalue weighted by Crippen LogP contribution is -2.45. The molecule has 0 saturated heterocycles. The number of carbonyl (C=O) groups excluding carboxylic acids is 2. The summed E-state index contributed by atoms with van der Waals surface area (Å²) >= 11 is 1.52. The van der Waals surface area contributed by atoms with Crippen LogP contribution in [0.4, 0.5) is 4.79 Å². The zero-order valence-electron chi connectivity index (χ0n) is 14.9. The van der Waals surface area contributed by atoms with Gasteiger partial charge in [0.2, 0.25) is 0 Å². The van der Waals surface area contributed by atoms with Crippen LogP contribution in [0, 0.1) is 0 Å². The first kappa shape index (κ1) is 20.3. The molecule has 0 saturated carbocycles. The normalized spacial score (nSPS) is 13.7. The number of esters is 1. The fraction of sp³-hybridized carbons (Fsp3) is 0.588. The Bertz CT molecular complexity index is 531. The molecule has 2 atom stereocenters. The zero-order valence-corrected chi connectivity index (χ0v) is 15.7. The molecule has 0 aliphatic rings. The third kappa shape index (κ3) is 7.68. The Balaban J connectivity index is 2.65. The molecule has 0 unspecified atom stereocenters. The predicted molar refractivity (Wildman–Crippen MR) is 94.9 cm³/mol. The smallest absolute Gasteiger partial charge is 0.408 e. The quantitative estimate of drug-likeness (QED) is 0.757. The predicted octanol–water partition coefficient (Wildman–Crippen LogP) is 3.33. The van der Waals surface area contributed by atoms with Gasteiger partial charge in [0.25, 0.3) is 0 Å². The maximum atomic E-state index is 12.1. The summed E-state index contributed by atoms with van der Waals surface area (Å²) < 4.78 is 10.2. The molecule has 6 nitrogen and oxygen atoms in total. The van der Waals surface area contributed by atoms with E-state index in [1.165, 1.54) is 11.8 Å². The van der Waals surface area contributed by atoms with E-state index >= 15 is 0 Å². The van der Waals surface area contributed by atoms with E-state index in [4.69, 9.17) is 9.47 Å². The van der Waals surface area contributed by atoms with E-state index in [0.717, 1.165) is 5.69 Å². The molecule has 0 spiro atoms. The van der Waals surface area contributed by atoms with E-state index in [9.17, 15) is 9.59 Å². The first-order valence-corrected chi connectivity index (χ1v) is 8.96. The van der Waals surface area contributed by atoms with E-state index in [0.29, 0.717) is 5.75 Å². The SMILES string of the molecule is CCOC(=O)[C@H](CS[C@H](C)c1ccccn1)NC(=O)OC(C)(C)C. The number of nitrogens with one attached hydrogen (secondary N) is 1. The molecule has 1 aromatic heterocycles. The lowest BCUT2D eigenvalue weighted by molar-refractivity contribution is -0.145. The lowest BCUT2D eigenvalue weighted by atomic mass is 10.2. The van der Waals surface area contributed by atoms with Gasteiger partial charge < -0.3 is 14.8 Å². The topological polar surface area (TPSA) is 77.5 Å². The van der Waals surface area contributed by atoms with Gasteiger partial charge in [-0.15, -0.1) is 11.8 Å². The summed E-state index contributed by atoms with van der Waals surface area (Å²) in [5, 5.41) is 2.67. The van der Waals surface area contributed by atoms with Gasteiger partial charge in [-0.1, -0.05) is 6.07 Å². The molecule has 0 bridgehead atoms. The molecule has 1 heterocycles. The van der Waals surface area contributed by atoms with Crippen molar-refractivity contribution in [3.05, 3.63) is 30.1 Å². The molecule has 7 heteroatoms. The van der Waals surface area contributed by atoms with Gasteiger partial charge in [0.15, 0.2) is 0 Å². The lowest BCUT2D eigenvalue weighted by Gasteiger charge is -2.23. The average molecular weight is 354 g/mol. The van der Waals surface area contributed by atoms with Crippen LogP contribution in [0.3, 0.4) is 0 Å². The molecule has 0 aliphatic carbocycles. The molecule has 1 amide bonds. The number of nitrogens with zero attached hydrogens (tertiary/aromatic N) is 1. The highest BCUT2D eigenvalue weighted by molar-refractivity contribution is 7.99. The van der Waals surface area contributed by atoms with Crippen LogP contribution < -0.4 is 5.32 Å². The minimum Gasteiger partial charge on any atom is -0.464 e. The van der Waals surface area contributed by atoms with Crippen molar-refractivity contribution in [2.75, 3.05) is 12.4 Å². The summed E-state index contributed by atoms with van der Waals surface area (Å²) in [6.45, 7) is 9.29. The Kier molecular flexibility index (Phi) is 8.04. The first-order valence-electron chi connectivity index (χ1n) is 7.91. The van der Waals surface area contributed by atoms with Crippen molar-refractivity contribution in [1.29, 1.82) is 0 Å². The van der Waals surface area contributed by atoms with E-state index in [1.54, 1.807) is 33.9 Å². The van der Waals surface area contributed by atoms with E-state index in [2.05, 4.69) is 10.3 Å². The summed E-state index contributed by atoms with van der Waals surface area (Å²) in [5.74, 6) is -0.0976. The molecule has 0 aromatic carbocycles. The number of carbonyl (C=O) groups is 2. The molecule has 24 heavy (non-hydrogen) atoms. The Morgan fingerprint density at radius 2 is 2.04 bits per heavy atom. The van der Waals surface area contributed by atoms with Crippen molar-refractivity contribution in [3.63, 3.8) is 0 Å². The Labute approximate surface area is 147 Å². The van der Waals surface area contributed by atoms with E-state index in [-0.39, 0.29) is 11.9 Å². The molecular formula is C17H26N2O4S. The second kappa shape index (κ2) is 9.52. The second-order valence-electron chi connectivity index (χ2n) is 6.18. The van der Waals surface area contributed by atoms with Crippen LogP contribution in [0.5, 0.6) is 0 Å². The van der Waals surface area contributed by atoms with Gasteiger partial charge in [-0.2, -0.15) is 0 Å². The number of aromatic nitrogens is 1. The summed E-state index contributed by atoms with van der Waals surface area (Å²) in [6, 6.07) is 4.93. The third-order valence-corrected chi connectivity index (χ3v) is 4.15. The molecule has 0 radical (unpaired) electrons. The number of alkyl carbamates (subject to hydrolysis) is 1. The minimum absolute atomic E-state index is 0.0866. The number of hydrogen-bond acceptors (Lipinski definition) is 6. The molecule has 0 aliphatic heterocycles. The Morgan fingerprint density at radius 3 is 2.58 bits per heavy atom. The van der Waals surface area contributed by atoms with Gasteiger partial charge in [-0.05, 0) is 46.8 Å². The van der Waals surface area contributed by atoms with E-state index < -0.39 is 23.7 Å². The van der Waals surface area contributed by atoms with Crippen LogP contribution in [-0.2, 0) is 14.3 Å². The molecule has 1 rings (SSSR count). The number of hydrogen-bond donors (Lipinski definition) is 1. The third-order valence-electron chi connectivity index (χ3n) is 2.88. The van der Waals surface area contributed by atoms with E-state index in [1.807, 2.05) is 25.1 Å². The number of rotatable bonds is 7. The monoisotopic (exact) mass is 354 g/mol. The Hall–Kier alpha value is -1.76. The maximum Gasteiger partial charge on any atom is 0.408 e. The standard InChI is InChI=1S/C17H26N2O4S/c1-6-22-15(20)14(19-16(21)23-17(3,4)5)11-24-12(2)13-9-7-8-10-18-13/h7-10,12,14H,6,11H2,1-5H3,(H,19,21)/t12-,14+/m1/s1. The van der Waals surface area contributed by atoms with Crippen LogP contribution in [0.2, 0.25) is 0 Å². The minimum atomic E-state index is -0.768. The van der Waals surface area contributed by atoms with Crippen LogP contribution in [0.1, 0.15) is 45.6 Å². The highest BCUT2D eigenvalue weighted by atomic mass is 32.2. The van der Waals surface area contributed by atoms with Gasteiger partial charge in [-0.25, -0.2) is 9.59 Å². The highest BCUT2D eigenvalue weighted by Crippen LogP contribution is 2.27. The number of ether oxygens (including phenoxy) is 2. The molecule has 1 N–H and O–H groups in total. The van der Waals surface area contributed by atoms with Crippen LogP contribution in [0.25, 0.3) is 0 Å². The molecule has 1 aromatic rings. The van der Waals surface area contributed by atoms with Crippen molar-refractivity contribution < 1.29 is 19.1 Å². The van der Waals surface area contributed by atoms with Gasteiger partial charge in [0.05, 0.1) is 12.3 Å². The largest absolute Gasteiger partial charge is 0.464 e. The second-order valence-corrected chi connectivity index (χ2v) is 7.55. The summed E-state index contributed by atoms with van der Waals surface area (Å²) in [5.41, 5.74) is 0.292. The number of pyridine rings is 1. The fourth-order valence-corrected chi connectivity index (χ4v) is 2.81. The molecule has 0 fully saturated rings. The van der Waals surface area contributed by atoms with Crippen molar-refractivity contribution in [3.8, 4) is 0 Å². The summed E-state index contributed by atoms with van der Waals surface area (Å²) in [7, 11) is 0. The zero-order chi connectivity index (χ0) is 18.2. The summed E-state index contributed by atoms with van der Waals surface area (Å²) in [6.07, 6.45) is 1.10. The van der Waals surface area contributed by atoms with Gasteiger partial charge in [-0.3, -0.25) is 4.98 Å². The van der Waals surface area contributed by atoms with Gasteiger partial charge in [0, 0.05) is 17.2 Å². The molecular weight excluding hydrogens is 328 g/mol. The average Bonchev–Trinajstić information content (AvgIpc) is 2.50. The number of thioether (sulfide) groups is 1.